The molecule has 3 rings (SSSR count). The normalized spacial score (nSPS) is 10.5. The van der Waals surface area contributed by atoms with Crippen LogP contribution in [0, 0.1) is 0 Å². The van der Waals surface area contributed by atoms with Crippen molar-refractivity contribution in [3.05, 3.63) is 71.8 Å². The number of nitrogens with one attached hydrogen (secondary N) is 2. The highest BCUT2D eigenvalue weighted by molar-refractivity contribution is 8.01. The molecule has 1 heterocycles. The number of benzene rings is 2. The molecule has 0 aliphatic carbocycles. The third-order valence-corrected chi connectivity index (χ3v) is 6.01. The van der Waals surface area contributed by atoms with Crippen LogP contribution in [-0.4, -0.2) is 34.3 Å². The maximum absolute atomic E-state index is 12.1. The van der Waals surface area contributed by atoms with Crippen LogP contribution in [-0.2, 0) is 22.4 Å². The van der Waals surface area contributed by atoms with E-state index in [1.54, 1.807) is 0 Å². The van der Waals surface area contributed by atoms with Crippen LogP contribution in [0.2, 0.25) is 0 Å². The van der Waals surface area contributed by atoms with Crippen LogP contribution < -0.4 is 10.6 Å². The van der Waals surface area contributed by atoms with E-state index in [1.807, 2.05) is 60.7 Å². The lowest BCUT2D eigenvalue weighted by molar-refractivity contribution is -0.118. The maximum Gasteiger partial charge on any atom is 0.230 e. The van der Waals surface area contributed by atoms with Crippen molar-refractivity contribution in [1.82, 2.24) is 15.5 Å². The second-order valence-electron chi connectivity index (χ2n) is 6.28. The first-order valence-corrected chi connectivity index (χ1v) is 11.1. The van der Waals surface area contributed by atoms with E-state index in [0.29, 0.717) is 28.9 Å². The fourth-order valence-electron chi connectivity index (χ4n) is 2.57. The van der Waals surface area contributed by atoms with Crippen LogP contribution in [0.5, 0.6) is 0 Å². The Kier molecular flexibility index (Phi) is 8.21. The van der Waals surface area contributed by atoms with Crippen LogP contribution in [0.15, 0.2) is 65.0 Å². The summed E-state index contributed by atoms with van der Waals surface area (Å²) in [7, 11) is 0. The Morgan fingerprint density at radius 3 is 2.21 bits per heavy atom. The molecule has 6 nitrogen and oxygen atoms in total. The zero-order valence-corrected chi connectivity index (χ0v) is 17.5. The molecule has 0 aliphatic rings. The summed E-state index contributed by atoms with van der Waals surface area (Å²) >= 11 is 2.59. The monoisotopic (exact) mass is 426 g/mol. The molecule has 2 aromatic carbocycles. The molecule has 0 radical (unpaired) electrons. The minimum atomic E-state index is -0.0970. The third kappa shape index (κ3) is 7.67. The first kappa shape index (κ1) is 21.0. The predicted molar refractivity (Wildman–Crippen MR) is 117 cm³/mol. The van der Waals surface area contributed by atoms with E-state index < -0.39 is 0 Å². The molecule has 0 spiro atoms. The molecule has 0 unspecified atom stereocenters. The minimum Gasteiger partial charge on any atom is -0.355 e. The molecule has 0 bridgehead atoms. The van der Waals surface area contributed by atoms with Crippen LogP contribution >= 0.6 is 23.1 Å². The summed E-state index contributed by atoms with van der Waals surface area (Å²) in [6.45, 7) is 0.599. The number of hydrogen-bond donors (Lipinski definition) is 2. The highest BCUT2D eigenvalue weighted by Gasteiger charge is 2.10. The van der Waals surface area contributed by atoms with Crippen LogP contribution in [0.4, 0.5) is 5.13 Å². The van der Waals surface area contributed by atoms with Crippen molar-refractivity contribution in [1.29, 1.82) is 0 Å². The standard InChI is InChI=1S/C21H22N4O2S2/c26-18(12-11-16-7-3-1-4-8-16)23-20-24-25-21(29-20)28-15-19(27)22-14-13-17-9-5-2-6-10-17/h1-10H,11-15H2,(H,22,27)(H,23,24,26). The van der Waals surface area contributed by atoms with Gasteiger partial charge in [0.2, 0.25) is 16.9 Å². The molecule has 0 atom stereocenters. The predicted octanol–water partition coefficient (Wildman–Crippen LogP) is 3.56. The summed E-state index contributed by atoms with van der Waals surface area (Å²) in [5.74, 6) is 0.126. The summed E-state index contributed by atoms with van der Waals surface area (Å²) in [6, 6.07) is 19.9. The van der Waals surface area contributed by atoms with Crippen molar-refractivity contribution in [3.8, 4) is 0 Å². The number of amides is 2. The fraction of sp³-hybridized carbons (Fsp3) is 0.238. The van der Waals surface area contributed by atoms with Gasteiger partial charge >= 0.3 is 0 Å². The van der Waals surface area contributed by atoms with Crippen LogP contribution in [0.25, 0.3) is 0 Å². The lowest BCUT2D eigenvalue weighted by Gasteiger charge is -2.04. The van der Waals surface area contributed by atoms with Gasteiger partial charge in [0.05, 0.1) is 5.75 Å². The number of rotatable bonds is 10. The number of hydrogen-bond acceptors (Lipinski definition) is 6. The van der Waals surface area contributed by atoms with Crippen LogP contribution in [0.1, 0.15) is 17.5 Å². The lowest BCUT2D eigenvalue weighted by Crippen LogP contribution is -2.27. The number of thioether (sulfide) groups is 1. The zero-order chi connectivity index (χ0) is 20.3. The van der Waals surface area contributed by atoms with Gasteiger partial charge in [-0.2, -0.15) is 0 Å². The quantitative estimate of drug-likeness (QED) is 0.383. The van der Waals surface area contributed by atoms with E-state index in [0.717, 1.165) is 12.0 Å². The van der Waals surface area contributed by atoms with E-state index in [4.69, 9.17) is 0 Å². The molecule has 1 aromatic heterocycles. The fourth-order valence-corrected chi connectivity index (χ4v) is 4.17. The maximum atomic E-state index is 12.1. The van der Waals surface area contributed by atoms with E-state index in [1.165, 1.54) is 28.7 Å². The first-order chi connectivity index (χ1) is 14.2. The Labute approximate surface area is 178 Å². The third-order valence-electron chi connectivity index (χ3n) is 4.04. The van der Waals surface area contributed by atoms with Gasteiger partial charge in [0.1, 0.15) is 0 Å². The molecule has 2 N–H and O–H groups in total. The minimum absolute atomic E-state index is 0.0467. The van der Waals surface area contributed by atoms with Gasteiger partial charge in [-0.25, -0.2) is 0 Å². The molecule has 150 valence electrons. The van der Waals surface area contributed by atoms with Crippen molar-refractivity contribution in [2.24, 2.45) is 0 Å². The van der Waals surface area contributed by atoms with Crippen molar-refractivity contribution in [3.63, 3.8) is 0 Å². The second kappa shape index (κ2) is 11.3. The molecule has 2 amide bonds. The molecule has 8 heteroatoms. The Morgan fingerprint density at radius 1 is 0.862 bits per heavy atom. The van der Waals surface area contributed by atoms with Gasteiger partial charge in [0.15, 0.2) is 4.34 Å². The molecule has 29 heavy (non-hydrogen) atoms. The summed E-state index contributed by atoms with van der Waals surface area (Å²) in [6.07, 6.45) is 1.86. The van der Waals surface area contributed by atoms with Gasteiger partial charge in [0, 0.05) is 13.0 Å². The molecular weight excluding hydrogens is 404 g/mol. The smallest absolute Gasteiger partial charge is 0.230 e. The van der Waals surface area contributed by atoms with Gasteiger partial charge in [-0.3, -0.25) is 9.59 Å². The zero-order valence-electron chi connectivity index (χ0n) is 15.8. The van der Waals surface area contributed by atoms with Crippen LogP contribution in [0.3, 0.4) is 0 Å². The van der Waals surface area contributed by atoms with Gasteiger partial charge in [-0.15, -0.1) is 10.2 Å². The van der Waals surface area contributed by atoms with E-state index in [9.17, 15) is 9.59 Å². The van der Waals surface area contributed by atoms with Crippen molar-refractivity contribution < 1.29 is 9.59 Å². The van der Waals surface area contributed by atoms with E-state index in [-0.39, 0.29) is 17.6 Å². The van der Waals surface area contributed by atoms with Crippen molar-refractivity contribution in [2.45, 2.75) is 23.6 Å². The molecular formula is C21H22N4O2S2. The Balaban J connectivity index is 1.34. The lowest BCUT2D eigenvalue weighted by atomic mass is 10.1. The number of nitrogens with zero attached hydrogens (tertiary/aromatic N) is 2. The number of aromatic nitrogens is 2. The average molecular weight is 427 g/mol. The van der Waals surface area contributed by atoms with Crippen molar-refractivity contribution in [2.75, 3.05) is 17.6 Å². The van der Waals surface area contributed by atoms with E-state index in [2.05, 4.69) is 20.8 Å². The topological polar surface area (TPSA) is 84.0 Å². The number of aryl methyl sites for hydroxylation is 1. The molecule has 0 saturated carbocycles. The SMILES string of the molecule is O=C(CSc1nnc(NC(=O)CCc2ccccc2)s1)NCCc1ccccc1. The average Bonchev–Trinajstić information content (AvgIpc) is 3.19. The van der Waals surface area contributed by atoms with Gasteiger partial charge in [-0.05, 0) is 24.0 Å². The van der Waals surface area contributed by atoms with Crippen molar-refractivity contribution >= 4 is 40.0 Å². The number of carbonyl (C=O) groups is 2. The summed E-state index contributed by atoms with van der Waals surface area (Å²) in [4.78, 5) is 24.0. The molecule has 0 aliphatic heterocycles. The highest BCUT2D eigenvalue weighted by atomic mass is 32.2. The largest absolute Gasteiger partial charge is 0.355 e. The highest BCUT2D eigenvalue weighted by Crippen LogP contribution is 2.25. The summed E-state index contributed by atoms with van der Waals surface area (Å²) in [5.41, 5.74) is 2.31. The number of carbonyl (C=O) groups excluding carboxylic acids is 2. The summed E-state index contributed by atoms with van der Waals surface area (Å²) < 4.78 is 0.654. The molecule has 0 saturated heterocycles. The van der Waals surface area contributed by atoms with Gasteiger partial charge in [0.25, 0.3) is 0 Å². The molecule has 0 fully saturated rings. The Morgan fingerprint density at radius 2 is 1.52 bits per heavy atom. The second-order valence-corrected chi connectivity index (χ2v) is 8.48. The first-order valence-electron chi connectivity index (χ1n) is 9.30. The Bertz CT molecular complexity index is 917. The van der Waals surface area contributed by atoms with E-state index >= 15 is 0 Å². The Hall–Kier alpha value is -2.71. The van der Waals surface area contributed by atoms with Gasteiger partial charge in [-0.1, -0.05) is 83.8 Å². The summed E-state index contributed by atoms with van der Waals surface area (Å²) in [5, 5.41) is 14.1. The van der Waals surface area contributed by atoms with Gasteiger partial charge < -0.3 is 10.6 Å². The molecule has 3 aromatic rings. The number of anilines is 1.